The van der Waals surface area contributed by atoms with Gasteiger partial charge < -0.3 is 10.2 Å². The van der Waals surface area contributed by atoms with Crippen LogP contribution in [0.25, 0.3) is 0 Å². The van der Waals surface area contributed by atoms with E-state index in [1.54, 1.807) is 0 Å². The normalized spacial score (nSPS) is 20.9. The van der Waals surface area contributed by atoms with E-state index in [-0.39, 0.29) is 17.1 Å². The minimum Gasteiger partial charge on any atom is -0.478 e. The van der Waals surface area contributed by atoms with Gasteiger partial charge in [0.1, 0.15) is 0 Å². The summed E-state index contributed by atoms with van der Waals surface area (Å²) in [5.41, 5.74) is -0.0635. The molecule has 1 aliphatic heterocycles. The fourth-order valence-electron chi connectivity index (χ4n) is 2.57. The summed E-state index contributed by atoms with van der Waals surface area (Å²) in [6.07, 6.45) is 3.17. The van der Waals surface area contributed by atoms with Crippen LogP contribution in [-0.2, 0) is 10.0 Å². The number of hydrogen-bond acceptors (Lipinski definition) is 4. The molecule has 7 heteroatoms. The summed E-state index contributed by atoms with van der Waals surface area (Å²) >= 11 is 0. The fraction of sp³-hybridized carbons (Fsp3) is 0.500. The van der Waals surface area contributed by atoms with E-state index < -0.39 is 22.0 Å². The highest BCUT2D eigenvalue weighted by atomic mass is 32.2. The van der Waals surface area contributed by atoms with Crippen molar-refractivity contribution in [2.24, 2.45) is 0 Å². The molecule has 1 fully saturated rings. The third-order valence-corrected chi connectivity index (χ3v) is 5.67. The lowest BCUT2D eigenvalue weighted by Crippen LogP contribution is -2.42. The zero-order valence-corrected chi connectivity index (χ0v) is 12.4. The summed E-state index contributed by atoms with van der Waals surface area (Å²) in [5, 5.41) is 18.4. The highest BCUT2D eigenvalue weighted by Gasteiger charge is 2.32. The molecule has 1 heterocycles. The number of aliphatic hydroxyl groups is 1. The lowest BCUT2D eigenvalue weighted by atomic mass is 10.1. The number of aliphatic hydroxyl groups excluding tert-OH is 1. The van der Waals surface area contributed by atoms with Crippen molar-refractivity contribution in [3.8, 4) is 0 Å². The van der Waals surface area contributed by atoms with E-state index in [1.165, 1.54) is 22.5 Å². The Balaban J connectivity index is 2.39. The van der Waals surface area contributed by atoms with Crippen LogP contribution in [0.15, 0.2) is 29.2 Å². The van der Waals surface area contributed by atoms with Gasteiger partial charge in [-0.15, -0.1) is 0 Å². The monoisotopic (exact) mass is 313 g/mol. The van der Waals surface area contributed by atoms with Crippen LogP contribution in [0.5, 0.6) is 0 Å². The second-order valence-corrected chi connectivity index (χ2v) is 7.03. The van der Waals surface area contributed by atoms with Crippen molar-refractivity contribution in [3.63, 3.8) is 0 Å². The van der Waals surface area contributed by atoms with E-state index >= 15 is 0 Å². The highest BCUT2D eigenvalue weighted by molar-refractivity contribution is 7.89. The van der Waals surface area contributed by atoms with Crippen LogP contribution < -0.4 is 0 Å². The van der Waals surface area contributed by atoms with Crippen molar-refractivity contribution in [2.75, 3.05) is 13.2 Å². The molecule has 0 aromatic heterocycles. The number of carboxylic acid groups (broad SMARTS) is 1. The van der Waals surface area contributed by atoms with E-state index in [4.69, 9.17) is 5.11 Å². The van der Waals surface area contributed by atoms with Gasteiger partial charge in [0, 0.05) is 12.6 Å². The van der Waals surface area contributed by atoms with Gasteiger partial charge in [-0.3, -0.25) is 0 Å². The van der Waals surface area contributed by atoms with Crippen LogP contribution in [0.1, 0.15) is 36.0 Å². The SMILES string of the molecule is O=C(O)c1cccc(S(=O)(=O)N2CCCCCC2CO)c1. The van der Waals surface area contributed by atoms with Crippen molar-refractivity contribution in [3.05, 3.63) is 29.8 Å². The Morgan fingerprint density at radius 2 is 2.05 bits per heavy atom. The molecular weight excluding hydrogens is 294 g/mol. The van der Waals surface area contributed by atoms with Crippen LogP contribution >= 0.6 is 0 Å². The van der Waals surface area contributed by atoms with E-state index in [9.17, 15) is 18.3 Å². The first kappa shape index (κ1) is 15.9. The molecule has 0 spiro atoms. The zero-order chi connectivity index (χ0) is 15.5. The number of hydrogen-bond donors (Lipinski definition) is 2. The fourth-order valence-corrected chi connectivity index (χ4v) is 4.31. The Kier molecular flexibility index (Phi) is 4.97. The molecule has 2 rings (SSSR count). The second-order valence-electron chi connectivity index (χ2n) is 5.13. The number of sulfonamides is 1. The van der Waals surface area contributed by atoms with E-state index in [1.807, 2.05) is 0 Å². The molecule has 116 valence electrons. The van der Waals surface area contributed by atoms with Crippen LogP contribution in [0, 0.1) is 0 Å². The molecule has 2 N–H and O–H groups in total. The Morgan fingerprint density at radius 3 is 2.71 bits per heavy atom. The van der Waals surface area contributed by atoms with Crippen LogP contribution in [0.2, 0.25) is 0 Å². The van der Waals surface area contributed by atoms with Gasteiger partial charge in [0.25, 0.3) is 0 Å². The van der Waals surface area contributed by atoms with Gasteiger partial charge in [-0.1, -0.05) is 18.9 Å². The molecule has 1 aromatic rings. The molecule has 1 unspecified atom stereocenters. The Labute approximate surface area is 124 Å². The van der Waals surface area contributed by atoms with Gasteiger partial charge in [0.2, 0.25) is 10.0 Å². The molecule has 0 bridgehead atoms. The van der Waals surface area contributed by atoms with Crippen LogP contribution in [0.3, 0.4) is 0 Å². The Morgan fingerprint density at radius 1 is 1.29 bits per heavy atom. The van der Waals surface area contributed by atoms with Crippen molar-refractivity contribution < 1.29 is 23.4 Å². The van der Waals surface area contributed by atoms with Crippen LogP contribution in [-0.4, -0.2) is 48.1 Å². The molecule has 0 aliphatic carbocycles. The highest BCUT2D eigenvalue weighted by Crippen LogP contribution is 2.25. The molecule has 1 aliphatic rings. The van der Waals surface area contributed by atoms with Gasteiger partial charge in [-0.25, -0.2) is 13.2 Å². The molecular formula is C14H19NO5S. The first-order valence-corrected chi connectivity index (χ1v) is 8.37. The van der Waals surface area contributed by atoms with Crippen molar-refractivity contribution in [1.29, 1.82) is 0 Å². The number of rotatable bonds is 4. The van der Waals surface area contributed by atoms with E-state index in [0.29, 0.717) is 13.0 Å². The largest absolute Gasteiger partial charge is 0.478 e. The summed E-state index contributed by atoms with van der Waals surface area (Å²) in [5.74, 6) is -1.17. The topological polar surface area (TPSA) is 94.9 Å². The molecule has 1 saturated heterocycles. The van der Waals surface area contributed by atoms with E-state index in [2.05, 4.69) is 0 Å². The standard InChI is InChI=1S/C14H19NO5S/c16-10-12-6-2-1-3-8-15(12)21(19,20)13-7-4-5-11(9-13)14(17)18/h4-5,7,9,12,16H,1-3,6,8,10H2,(H,17,18). The Bertz CT molecular complexity index is 614. The molecule has 0 radical (unpaired) electrons. The number of carbonyl (C=O) groups is 1. The first-order chi connectivity index (χ1) is 9.96. The predicted molar refractivity (Wildman–Crippen MR) is 76.6 cm³/mol. The van der Waals surface area contributed by atoms with E-state index in [0.717, 1.165) is 25.3 Å². The average molecular weight is 313 g/mol. The summed E-state index contributed by atoms with van der Waals surface area (Å²) in [7, 11) is -3.79. The summed E-state index contributed by atoms with van der Waals surface area (Å²) in [6.45, 7) is 0.128. The minimum atomic E-state index is -3.79. The third kappa shape index (κ3) is 3.42. The van der Waals surface area contributed by atoms with Crippen molar-refractivity contribution >= 4 is 16.0 Å². The quantitative estimate of drug-likeness (QED) is 0.874. The van der Waals surface area contributed by atoms with Gasteiger partial charge >= 0.3 is 5.97 Å². The maximum Gasteiger partial charge on any atom is 0.335 e. The lowest BCUT2D eigenvalue weighted by Gasteiger charge is -2.27. The number of aromatic carboxylic acids is 1. The van der Waals surface area contributed by atoms with Gasteiger partial charge in [0.15, 0.2) is 0 Å². The smallest absolute Gasteiger partial charge is 0.335 e. The maximum absolute atomic E-state index is 12.7. The molecule has 1 atom stereocenters. The molecule has 1 aromatic carbocycles. The minimum absolute atomic E-state index is 0.0391. The first-order valence-electron chi connectivity index (χ1n) is 6.93. The third-order valence-electron chi connectivity index (χ3n) is 3.72. The zero-order valence-electron chi connectivity index (χ0n) is 11.6. The summed E-state index contributed by atoms with van der Waals surface area (Å²) in [4.78, 5) is 10.9. The Hall–Kier alpha value is -1.44. The number of benzene rings is 1. The van der Waals surface area contributed by atoms with Gasteiger partial charge in [-0.2, -0.15) is 4.31 Å². The molecule has 21 heavy (non-hydrogen) atoms. The summed E-state index contributed by atoms with van der Waals surface area (Å²) < 4.78 is 26.7. The second kappa shape index (κ2) is 6.55. The van der Waals surface area contributed by atoms with Crippen LogP contribution in [0.4, 0.5) is 0 Å². The van der Waals surface area contributed by atoms with Gasteiger partial charge in [0.05, 0.1) is 17.1 Å². The summed E-state index contributed by atoms with van der Waals surface area (Å²) in [6, 6.07) is 4.89. The molecule has 6 nitrogen and oxygen atoms in total. The predicted octanol–water partition coefficient (Wildman–Crippen LogP) is 1.31. The lowest BCUT2D eigenvalue weighted by molar-refractivity contribution is 0.0696. The molecule has 0 saturated carbocycles. The van der Waals surface area contributed by atoms with Crippen molar-refractivity contribution in [1.82, 2.24) is 4.31 Å². The maximum atomic E-state index is 12.7. The number of carboxylic acids is 1. The molecule has 0 amide bonds. The average Bonchev–Trinajstić information content (AvgIpc) is 2.73. The van der Waals surface area contributed by atoms with Gasteiger partial charge in [-0.05, 0) is 31.0 Å². The number of nitrogens with zero attached hydrogens (tertiary/aromatic N) is 1. The van der Waals surface area contributed by atoms with Crippen molar-refractivity contribution in [2.45, 2.75) is 36.6 Å².